The summed E-state index contributed by atoms with van der Waals surface area (Å²) in [6.45, 7) is 4.70. The summed E-state index contributed by atoms with van der Waals surface area (Å²) in [4.78, 5) is 0. The van der Waals surface area contributed by atoms with Crippen LogP contribution in [0.5, 0.6) is 0 Å². The van der Waals surface area contributed by atoms with E-state index in [9.17, 15) is 0 Å². The Balaban J connectivity index is 1.15. The van der Waals surface area contributed by atoms with Crippen LogP contribution in [-0.2, 0) is 5.41 Å². The molecule has 0 aromatic heterocycles. The van der Waals surface area contributed by atoms with E-state index in [1.807, 2.05) is 0 Å². The van der Waals surface area contributed by atoms with Gasteiger partial charge in [-0.15, -0.1) is 0 Å². The summed E-state index contributed by atoms with van der Waals surface area (Å²) in [5, 5.41) is 10.3. The van der Waals surface area contributed by atoms with Crippen LogP contribution < -0.4 is 0 Å². The van der Waals surface area contributed by atoms with Gasteiger partial charge in [0.1, 0.15) is 0 Å². The van der Waals surface area contributed by atoms with Crippen LogP contribution >= 0.6 is 0 Å². The molecule has 0 spiro atoms. The van der Waals surface area contributed by atoms with E-state index in [2.05, 4.69) is 159 Å². The fourth-order valence-corrected chi connectivity index (χ4v) is 7.49. The zero-order valence-corrected chi connectivity index (χ0v) is 24.4. The second-order valence-corrected chi connectivity index (χ2v) is 12.6. The van der Waals surface area contributed by atoms with Crippen molar-refractivity contribution >= 4 is 43.1 Å². The highest BCUT2D eigenvalue weighted by molar-refractivity contribution is 6.17. The predicted molar refractivity (Wildman–Crippen MR) is 185 cm³/mol. The Morgan fingerprint density at radius 1 is 0.326 bits per heavy atom. The van der Waals surface area contributed by atoms with E-state index >= 15 is 0 Å². The Morgan fingerprint density at radius 2 is 0.860 bits per heavy atom. The molecule has 0 unspecified atom stereocenters. The molecule has 9 rings (SSSR count). The van der Waals surface area contributed by atoms with Gasteiger partial charge >= 0.3 is 0 Å². The minimum absolute atomic E-state index is 0.00149. The van der Waals surface area contributed by atoms with Crippen molar-refractivity contribution in [3.05, 3.63) is 157 Å². The SMILES string of the molecule is CC1(C)c2ccccc2-c2ccc(-c3ccc4ccc(-c5ccc6ccc7c8ccccc8ccc7c6c5)cc4c3)cc21. The fraction of sp³-hybridized carbons (Fsp3) is 0.0698. The van der Waals surface area contributed by atoms with Gasteiger partial charge in [-0.1, -0.05) is 135 Å². The molecule has 0 saturated carbocycles. The Kier molecular flexibility index (Phi) is 5.05. The molecule has 1 aliphatic carbocycles. The Labute approximate surface area is 251 Å². The lowest BCUT2D eigenvalue weighted by Gasteiger charge is -2.22. The average molecular weight is 547 g/mol. The first-order valence-corrected chi connectivity index (χ1v) is 15.2. The number of hydrogen-bond acceptors (Lipinski definition) is 0. The van der Waals surface area contributed by atoms with Crippen molar-refractivity contribution in [1.29, 1.82) is 0 Å². The maximum Gasteiger partial charge on any atom is 0.0159 e. The average Bonchev–Trinajstić information content (AvgIpc) is 3.29. The lowest BCUT2D eigenvalue weighted by Crippen LogP contribution is -2.14. The molecule has 0 heterocycles. The lowest BCUT2D eigenvalue weighted by atomic mass is 9.81. The summed E-state index contributed by atoms with van der Waals surface area (Å²) in [7, 11) is 0. The molecular weight excluding hydrogens is 516 g/mol. The molecular formula is C43H30. The third-order valence-electron chi connectivity index (χ3n) is 9.83. The zero-order valence-electron chi connectivity index (χ0n) is 24.4. The summed E-state index contributed by atoms with van der Waals surface area (Å²) >= 11 is 0. The third kappa shape index (κ3) is 3.63. The van der Waals surface area contributed by atoms with E-state index in [-0.39, 0.29) is 5.41 Å². The van der Waals surface area contributed by atoms with Crippen LogP contribution in [0.4, 0.5) is 0 Å². The first-order valence-electron chi connectivity index (χ1n) is 15.2. The molecule has 0 fully saturated rings. The third-order valence-corrected chi connectivity index (χ3v) is 9.83. The molecule has 0 radical (unpaired) electrons. The van der Waals surface area contributed by atoms with Crippen LogP contribution in [0.25, 0.3) is 76.5 Å². The van der Waals surface area contributed by atoms with Crippen molar-refractivity contribution < 1.29 is 0 Å². The molecule has 0 atom stereocenters. The standard InChI is InChI=1S/C43H30/c1-43(2)41-10-6-5-9-38(41)39-22-19-33(26-42(39)43)31-15-12-27-11-14-30(23-34(27)24-31)32-16-13-29-18-20-36-35-8-4-3-7-28(35)17-21-37(36)40(29)25-32/h3-26H,1-2H3. The number of rotatable bonds is 2. The highest BCUT2D eigenvalue weighted by Gasteiger charge is 2.35. The minimum atomic E-state index is -0.00149. The second kappa shape index (κ2) is 8.90. The summed E-state index contributed by atoms with van der Waals surface area (Å²) in [5.41, 5.74) is 10.6. The van der Waals surface area contributed by atoms with Crippen molar-refractivity contribution in [2.75, 3.05) is 0 Å². The molecule has 0 saturated heterocycles. The van der Waals surface area contributed by atoms with Crippen molar-refractivity contribution in [2.24, 2.45) is 0 Å². The van der Waals surface area contributed by atoms with E-state index < -0.39 is 0 Å². The molecule has 0 nitrogen and oxygen atoms in total. The molecule has 43 heavy (non-hydrogen) atoms. The lowest BCUT2D eigenvalue weighted by molar-refractivity contribution is 0.660. The summed E-state index contributed by atoms with van der Waals surface area (Å²) in [5.74, 6) is 0. The predicted octanol–water partition coefficient (Wildman–Crippen LogP) is 11.9. The van der Waals surface area contributed by atoms with Gasteiger partial charge in [0.2, 0.25) is 0 Å². The molecule has 8 aromatic carbocycles. The molecule has 8 aromatic rings. The Morgan fingerprint density at radius 3 is 1.65 bits per heavy atom. The minimum Gasteiger partial charge on any atom is -0.0619 e. The zero-order chi connectivity index (χ0) is 28.7. The molecule has 0 aliphatic heterocycles. The molecule has 202 valence electrons. The smallest absolute Gasteiger partial charge is 0.0159 e. The Hall–Kier alpha value is -5.20. The molecule has 0 bridgehead atoms. The van der Waals surface area contributed by atoms with Crippen LogP contribution in [0, 0.1) is 0 Å². The van der Waals surface area contributed by atoms with E-state index in [0.29, 0.717) is 0 Å². The maximum atomic E-state index is 2.42. The van der Waals surface area contributed by atoms with Crippen LogP contribution in [-0.4, -0.2) is 0 Å². The normalized spacial score (nSPS) is 13.5. The number of fused-ring (bicyclic) bond motifs is 9. The van der Waals surface area contributed by atoms with Crippen molar-refractivity contribution in [1.82, 2.24) is 0 Å². The van der Waals surface area contributed by atoms with Crippen molar-refractivity contribution in [3.63, 3.8) is 0 Å². The quantitative estimate of drug-likeness (QED) is 0.189. The van der Waals surface area contributed by atoms with Crippen molar-refractivity contribution in [2.45, 2.75) is 19.3 Å². The monoisotopic (exact) mass is 546 g/mol. The first-order chi connectivity index (χ1) is 21.0. The van der Waals surface area contributed by atoms with E-state index in [0.717, 1.165) is 0 Å². The van der Waals surface area contributed by atoms with E-state index in [1.54, 1.807) is 0 Å². The van der Waals surface area contributed by atoms with Crippen LogP contribution in [0.2, 0.25) is 0 Å². The van der Waals surface area contributed by atoms with Crippen LogP contribution in [0.1, 0.15) is 25.0 Å². The maximum absolute atomic E-state index is 2.42. The molecule has 1 aliphatic rings. The second-order valence-electron chi connectivity index (χ2n) is 12.6. The van der Waals surface area contributed by atoms with Crippen LogP contribution in [0.15, 0.2) is 146 Å². The highest BCUT2D eigenvalue weighted by atomic mass is 14.4. The Bertz CT molecular complexity index is 2420. The van der Waals surface area contributed by atoms with Gasteiger partial charge in [-0.3, -0.25) is 0 Å². The van der Waals surface area contributed by atoms with Gasteiger partial charge < -0.3 is 0 Å². The largest absolute Gasteiger partial charge is 0.0619 e. The molecule has 0 amide bonds. The topological polar surface area (TPSA) is 0 Å². The fourth-order valence-electron chi connectivity index (χ4n) is 7.49. The van der Waals surface area contributed by atoms with Gasteiger partial charge in [0, 0.05) is 5.41 Å². The first kappa shape index (κ1) is 24.4. The van der Waals surface area contributed by atoms with Gasteiger partial charge in [-0.2, -0.15) is 0 Å². The van der Waals surface area contributed by atoms with Gasteiger partial charge in [0.15, 0.2) is 0 Å². The molecule has 0 heteroatoms. The van der Waals surface area contributed by atoms with Gasteiger partial charge in [-0.25, -0.2) is 0 Å². The summed E-state index contributed by atoms with van der Waals surface area (Å²) < 4.78 is 0. The number of hydrogen-bond donors (Lipinski definition) is 0. The van der Waals surface area contributed by atoms with Crippen molar-refractivity contribution in [3.8, 4) is 33.4 Å². The van der Waals surface area contributed by atoms with Gasteiger partial charge in [0.25, 0.3) is 0 Å². The van der Waals surface area contributed by atoms with E-state index in [4.69, 9.17) is 0 Å². The van der Waals surface area contributed by atoms with Gasteiger partial charge in [0.05, 0.1) is 0 Å². The van der Waals surface area contributed by atoms with Gasteiger partial charge in [-0.05, 0) is 112 Å². The molecule has 0 N–H and O–H groups in total. The number of benzene rings is 8. The highest BCUT2D eigenvalue weighted by Crippen LogP contribution is 2.49. The van der Waals surface area contributed by atoms with E-state index in [1.165, 1.54) is 87.6 Å². The summed E-state index contributed by atoms with van der Waals surface area (Å²) in [6.07, 6.45) is 0. The summed E-state index contributed by atoms with van der Waals surface area (Å²) in [6, 6.07) is 54.3. The van der Waals surface area contributed by atoms with Crippen LogP contribution in [0.3, 0.4) is 0 Å².